The minimum Gasteiger partial charge on any atom is -0.435 e. The van der Waals surface area contributed by atoms with Crippen LogP contribution in [0.1, 0.15) is 17.2 Å². The lowest BCUT2D eigenvalue weighted by atomic mass is 9.99. The Bertz CT molecular complexity index is 637. The van der Waals surface area contributed by atoms with Gasteiger partial charge in [-0.05, 0) is 39.7 Å². The van der Waals surface area contributed by atoms with Crippen molar-refractivity contribution in [1.29, 1.82) is 0 Å². The van der Waals surface area contributed by atoms with Crippen LogP contribution in [-0.2, 0) is 0 Å². The Balaban J connectivity index is 2.28. The third kappa shape index (κ3) is 3.70. The predicted molar refractivity (Wildman–Crippen MR) is 78.2 cm³/mol. The van der Waals surface area contributed by atoms with Gasteiger partial charge in [0.1, 0.15) is 11.6 Å². The molecule has 0 amide bonds. The van der Waals surface area contributed by atoms with Crippen molar-refractivity contribution in [3.05, 3.63) is 62.8 Å². The van der Waals surface area contributed by atoms with Crippen LogP contribution in [0.15, 0.2) is 40.9 Å². The average Bonchev–Trinajstić information content (AvgIpc) is 2.44. The van der Waals surface area contributed by atoms with E-state index < -0.39 is 18.5 Å². The van der Waals surface area contributed by atoms with E-state index in [0.29, 0.717) is 10.0 Å². The Morgan fingerprint density at radius 3 is 2.29 bits per heavy atom. The number of ether oxygens (including phenoxy) is 1. The summed E-state index contributed by atoms with van der Waals surface area (Å²) in [4.78, 5) is 0. The summed E-state index contributed by atoms with van der Waals surface area (Å²) in [6, 6.07) is 8.03. The third-order valence-electron chi connectivity index (χ3n) is 2.86. The SMILES string of the molecule is NC(c1ccc(OC(F)F)cc1)c1ccc(Br)c(Cl)c1F. The molecule has 7 heteroatoms. The van der Waals surface area contributed by atoms with Crippen LogP contribution in [0.3, 0.4) is 0 Å². The molecule has 112 valence electrons. The van der Waals surface area contributed by atoms with Crippen LogP contribution in [0.2, 0.25) is 5.02 Å². The van der Waals surface area contributed by atoms with Gasteiger partial charge >= 0.3 is 6.61 Å². The zero-order chi connectivity index (χ0) is 15.6. The molecule has 21 heavy (non-hydrogen) atoms. The lowest BCUT2D eigenvalue weighted by Gasteiger charge is -2.15. The van der Waals surface area contributed by atoms with E-state index in [2.05, 4.69) is 20.7 Å². The van der Waals surface area contributed by atoms with Crippen molar-refractivity contribution in [1.82, 2.24) is 0 Å². The van der Waals surface area contributed by atoms with Crippen LogP contribution >= 0.6 is 27.5 Å². The third-order valence-corrected chi connectivity index (χ3v) is 4.12. The topological polar surface area (TPSA) is 35.2 Å². The summed E-state index contributed by atoms with van der Waals surface area (Å²) in [5.74, 6) is -0.610. The smallest absolute Gasteiger partial charge is 0.387 e. The molecular formula is C14H10BrClF3NO. The second-order valence-corrected chi connectivity index (χ2v) is 5.42. The highest BCUT2D eigenvalue weighted by atomic mass is 79.9. The van der Waals surface area contributed by atoms with Crippen molar-refractivity contribution < 1.29 is 17.9 Å². The summed E-state index contributed by atoms with van der Waals surface area (Å²) in [6.07, 6.45) is 0. The van der Waals surface area contributed by atoms with Crippen LogP contribution in [0.4, 0.5) is 13.2 Å². The molecule has 1 unspecified atom stereocenters. The fourth-order valence-corrected chi connectivity index (χ4v) is 2.30. The molecule has 0 aliphatic carbocycles. The molecule has 0 aliphatic heterocycles. The maximum atomic E-state index is 14.1. The van der Waals surface area contributed by atoms with Gasteiger partial charge in [-0.25, -0.2) is 4.39 Å². The molecule has 1 atom stereocenters. The standard InChI is InChI=1S/C14H10BrClF3NO/c15-10-6-5-9(12(17)11(10)16)13(20)7-1-3-8(4-2-7)21-14(18)19/h1-6,13-14H,20H2. The number of hydrogen-bond acceptors (Lipinski definition) is 2. The molecular weight excluding hydrogens is 371 g/mol. The molecule has 2 rings (SSSR count). The zero-order valence-corrected chi connectivity index (χ0v) is 12.8. The van der Waals surface area contributed by atoms with Crippen LogP contribution in [0, 0.1) is 5.82 Å². The minimum atomic E-state index is -2.90. The Kier molecular flexibility index (Phi) is 5.13. The molecule has 2 nitrogen and oxygen atoms in total. The first kappa shape index (κ1) is 16.1. The highest BCUT2D eigenvalue weighted by Crippen LogP contribution is 2.32. The van der Waals surface area contributed by atoms with Crippen LogP contribution in [-0.4, -0.2) is 6.61 Å². The number of nitrogens with two attached hydrogens (primary N) is 1. The number of rotatable bonds is 4. The molecule has 0 radical (unpaired) electrons. The molecule has 2 aromatic carbocycles. The number of alkyl halides is 2. The fourth-order valence-electron chi connectivity index (χ4n) is 1.82. The second kappa shape index (κ2) is 6.68. The fraction of sp³-hybridized carbons (Fsp3) is 0.143. The van der Waals surface area contributed by atoms with Gasteiger partial charge in [-0.3, -0.25) is 0 Å². The van der Waals surface area contributed by atoms with Crippen LogP contribution in [0.25, 0.3) is 0 Å². The largest absolute Gasteiger partial charge is 0.435 e. The first-order valence-corrected chi connectivity index (χ1v) is 7.01. The molecule has 0 aliphatic rings. The van der Waals surface area contributed by atoms with Crippen molar-refractivity contribution in [3.8, 4) is 5.75 Å². The van der Waals surface area contributed by atoms with Crippen LogP contribution < -0.4 is 10.5 Å². The Morgan fingerprint density at radius 2 is 1.71 bits per heavy atom. The molecule has 2 N–H and O–H groups in total. The number of hydrogen-bond donors (Lipinski definition) is 1. The van der Waals surface area contributed by atoms with Crippen molar-refractivity contribution in [2.75, 3.05) is 0 Å². The number of benzene rings is 2. The number of halogens is 5. The minimum absolute atomic E-state index is 0.00950. The Hall–Kier alpha value is -1.24. The van der Waals surface area contributed by atoms with Gasteiger partial charge in [-0.2, -0.15) is 8.78 Å². The van der Waals surface area contributed by atoms with E-state index in [-0.39, 0.29) is 16.3 Å². The van der Waals surface area contributed by atoms with E-state index in [1.807, 2.05) is 0 Å². The molecule has 0 spiro atoms. The molecule has 0 aromatic heterocycles. The van der Waals surface area contributed by atoms with E-state index in [0.717, 1.165) is 0 Å². The molecule has 0 bridgehead atoms. The second-order valence-electron chi connectivity index (χ2n) is 4.19. The molecule has 0 heterocycles. The van der Waals surface area contributed by atoms with Crippen molar-refractivity contribution in [2.45, 2.75) is 12.7 Å². The summed E-state index contributed by atoms with van der Waals surface area (Å²) in [6.45, 7) is -2.90. The van der Waals surface area contributed by atoms with Gasteiger partial charge in [-0.1, -0.05) is 29.8 Å². The predicted octanol–water partition coefficient (Wildman–Crippen LogP) is 4.89. The molecule has 0 saturated carbocycles. The van der Waals surface area contributed by atoms with E-state index in [1.54, 1.807) is 6.07 Å². The lowest BCUT2D eigenvalue weighted by molar-refractivity contribution is -0.0498. The van der Waals surface area contributed by atoms with Gasteiger partial charge in [0.25, 0.3) is 0 Å². The summed E-state index contributed by atoms with van der Waals surface area (Å²) in [5.41, 5.74) is 6.75. The van der Waals surface area contributed by atoms with E-state index in [4.69, 9.17) is 17.3 Å². The highest BCUT2D eigenvalue weighted by molar-refractivity contribution is 9.10. The maximum absolute atomic E-state index is 14.1. The van der Waals surface area contributed by atoms with Gasteiger partial charge in [0.05, 0.1) is 11.1 Å². The van der Waals surface area contributed by atoms with Gasteiger partial charge in [-0.15, -0.1) is 0 Å². The van der Waals surface area contributed by atoms with Crippen LogP contribution in [0.5, 0.6) is 5.75 Å². The van der Waals surface area contributed by atoms with Gasteiger partial charge in [0, 0.05) is 10.0 Å². The quantitative estimate of drug-likeness (QED) is 0.767. The van der Waals surface area contributed by atoms with E-state index in [9.17, 15) is 13.2 Å². The normalized spacial score (nSPS) is 12.5. The average molecular weight is 381 g/mol. The summed E-state index contributed by atoms with van der Waals surface area (Å²) >= 11 is 8.93. The van der Waals surface area contributed by atoms with Crippen molar-refractivity contribution in [3.63, 3.8) is 0 Å². The molecule has 0 saturated heterocycles. The summed E-state index contributed by atoms with van der Waals surface area (Å²) in [5, 5.41) is -0.0550. The highest BCUT2D eigenvalue weighted by Gasteiger charge is 2.17. The summed E-state index contributed by atoms with van der Waals surface area (Å²) < 4.78 is 42.9. The van der Waals surface area contributed by atoms with Gasteiger partial charge < -0.3 is 10.5 Å². The van der Waals surface area contributed by atoms with Crippen molar-refractivity contribution >= 4 is 27.5 Å². The lowest BCUT2D eigenvalue weighted by Crippen LogP contribution is -2.14. The summed E-state index contributed by atoms with van der Waals surface area (Å²) in [7, 11) is 0. The Morgan fingerprint density at radius 1 is 1.10 bits per heavy atom. The zero-order valence-electron chi connectivity index (χ0n) is 10.5. The molecule has 2 aromatic rings. The van der Waals surface area contributed by atoms with Gasteiger partial charge in [0.15, 0.2) is 0 Å². The van der Waals surface area contributed by atoms with E-state index in [1.165, 1.54) is 30.3 Å². The van der Waals surface area contributed by atoms with Gasteiger partial charge in [0.2, 0.25) is 0 Å². The maximum Gasteiger partial charge on any atom is 0.387 e. The van der Waals surface area contributed by atoms with E-state index >= 15 is 0 Å². The Labute approximate surface area is 132 Å². The first-order valence-electron chi connectivity index (χ1n) is 5.84. The van der Waals surface area contributed by atoms with Crippen molar-refractivity contribution in [2.24, 2.45) is 5.73 Å². The monoisotopic (exact) mass is 379 g/mol. The first-order chi connectivity index (χ1) is 9.90. The molecule has 0 fully saturated rings.